The van der Waals surface area contributed by atoms with Gasteiger partial charge in [-0.25, -0.2) is 0 Å². The second kappa shape index (κ2) is 6.18. The van der Waals surface area contributed by atoms with Gasteiger partial charge in [-0.2, -0.15) is 0 Å². The molecule has 18 heavy (non-hydrogen) atoms. The van der Waals surface area contributed by atoms with Crippen molar-refractivity contribution >= 4 is 11.9 Å². The second-order valence-corrected chi connectivity index (χ2v) is 5.91. The first kappa shape index (κ1) is 15.0. The molecule has 0 aromatic heterocycles. The van der Waals surface area contributed by atoms with Crippen molar-refractivity contribution in [2.45, 2.75) is 58.0 Å². The standard InChI is InChI=1S/C13H24N2O3/c1-13(2,3)14-7-6-11(16)15-8-4-5-10(15)9-12(17)18/h10,14H,4-9H2,1-3H3,(H,17,18). The molecule has 1 saturated heterocycles. The molecule has 1 unspecified atom stereocenters. The van der Waals surface area contributed by atoms with Gasteiger partial charge in [0, 0.05) is 31.1 Å². The van der Waals surface area contributed by atoms with Crippen molar-refractivity contribution in [1.82, 2.24) is 10.2 Å². The molecule has 0 bridgehead atoms. The fraction of sp³-hybridized carbons (Fsp3) is 0.846. The van der Waals surface area contributed by atoms with Crippen LogP contribution < -0.4 is 5.32 Å². The zero-order valence-electron chi connectivity index (χ0n) is 11.5. The van der Waals surface area contributed by atoms with E-state index in [9.17, 15) is 9.59 Å². The van der Waals surface area contributed by atoms with Crippen molar-refractivity contribution in [3.63, 3.8) is 0 Å². The average Bonchev–Trinajstić information content (AvgIpc) is 2.62. The van der Waals surface area contributed by atoms with Gasteiger partial charge in [0.2, 0.25) is 5.91 Å². The number of hydrogen-bond acceptors (Lipinski definition) is 3. The number of amides is 1. The first-order valence-electron chi connectivity index (χ1n) is 6.56. The van der Waals surface area contributed by atoms with Crippen LogP contribution in [-0.2, 0) is 9.59 Å². The van der Waals surface area contributed by atoms with E-state index >= 15 is 0 Å². The van der Waals surface area contributed by atoms with Crippen LogP contribution in [0, 0.1) is 0 Å². The SMILES string of the molecule is CC(C)(C)NCCC(=O)N1CCCC1CC(=O)O. The summed E-state index contributed by atoms with van der Waals surface area (Å²) in [6.07, 6.45) is 2.23. The number of hydrogen-bond donors (Lipinski definition) is 2. The molecule has 5 nitrogen and oxygen atoms in total. The fourth-order valence-corrected chi connectivity index (χ4v) is 2.27. The molecule has 1 atom stereocenters. The fourth-order valence-electron chi connectivity index (χ4n) is 2.27. The highest BCUT2D eigenvalue weighted by Crippen LogP contribution is 2.20. The van der Waals surface area contributed by atoms with E-state index in [1.165, 1.54) is 0 Å². The maximum Gasteiger partial charge on any atom is 0.305 e. The molecule has 1 rings (SSSR count). The van der Waals surface area contributed by atoms with Crippen LogP contribution in [0.15, 0.2) is 0 Å². The predicted molar refractivity (Wildman–Crippen MR) is 69.4 cm³/mol. The number of nitrogens with zero attached hydrogens (tertiary/aromatic N) is 1. The van der Waals surface area contributed by atoms with Gasteiger partial charge in [-0.1, -0.05) is 0 Å². The van der Waals surface area contributed by atoms with Gasteiger partial charge in [0.05, 0.1) is 6.42 Å². The Kier molecular flexibility index (Phi) is 5.14. The number of aliphatic carboxylic acids is 1. The average molecular weight is 256 g/mol. The summed E-state index contributed by atoms with van der Waals surface area (Å²) in [6.45, 7) is 7.51. The molecule has 1 fully saturated rings. The molecule has 0 radical (unpaired) electrons. The number of carbonyl (C=O) groups is 2. The van der Waals surface area contributed by atoms with Crippen LogP contribution in [0.1, 0.15) is 46.5 Å². The Hall–Kier alpha value is -1.10. The van der Waals surface area contributed by atoms with Crippen LogP contribution in [0.2, 0.25) is 0 Å². The number of carboxylic acids is 1. The third kappa shape index (κ3) is 5.04. The van der Waals surface area contributed by atoms with Crippen molar-refractivity contribution in [3.8, 4) is 0 Å². The molecule has 1 heterocycles. The Morgan fingerprint density at radius 3 is 2.61 bits per heavy atom. The smallest absolute Gasteiger partial charge is 0.305 e. The Morgan fingerprint density at radius 2 is 2.06 bits per heavy atom. The maximum atomic E-state index is 12.0. The maximum absolute atomic E-state index is 12.0. The van der Waals surface area contributed by atoms with Crippen LogP contribution in [-0.4, -0.2) is 46.6 Å². The summed E-state index contributed by atoms with van der Waals surface area (Å²) in [4.78, 5) is 24.5. The lowest BCUT2D eigenvalue weighted by molar-refractivity contribution is -0.139. The largest absolute Gasteiger partial charge is 0.481 e. The van der Waals surface area contributed by atoms with Crippen LogP contribution >= 0.6 is 0 Å². The molecule has 1 aliphatic heterocycles. The van der Waals surface area contributed by atoms with Crippen molar-refractivity contribution in [2.75, 3.05) is 13.1 Å². The summed E-state index contributed by atoms with van der Waals surface area (Å²) in [6, 6.07) is -0.107. The Morgan fingerprint density at radius 1 is 1.39 bits per heavy atom. The Balaban J connectivity index is 2.38. The molecule has 104 valence electrons. The van der Waals surface area contributed by atoms with Crippen LogP contribution in [0.5, 0.6) is 0 Å². The molecule has 0 saturated carbocycles. The monoisotopic (exact) mass is 256 g/mol. The summed E-state index contributed by atoms with van der Waals surface area (Å²) >= 11 is 0. The van der Waals surface area contributed by atoms with E-state index in [-0.39, 0.29) is 23.9 Å². The molecular weight excluding hydrogens is 232 g/mol. The van der Waals surface area contributed by atoms with E-state index in [0.717, 1.165) is 12.8 Å². The van der Waals surface area contributed by atoms with Crippen LogP contribution in [0.25, 0.3) is 0 Å². The highest BCUT2D eigenvalue weighted by molar-refractivity contribution is 5.78. The van der Waals surface area contributed by atoms with Gasteiger partial charge >= 0.3 is 5.97 Å². The number of rotatable bonds is 5. The number of carbonyl (C=O) groups excluding carboxylic acids is 1. The summed E-state index contributed by atoms with van der Waals surface area (Å²) in [5.41, 5.74) is 0.00571. The van der Waals surface area contributed by atoms with E-state index < -0.39 is 5.97 Å². The molecular formula is C13H24N2O3. The van der Waals surface area contributed by atoms with Gasteiger partial charge in [0.15, 0.2) is 0 Å². The van der Waals surface area contributed by atoms with Gasteiger partial charge in [-0.15, -0.1) is 0 Å². The third-order valence-corrected chi connectivity index (χ3v) is 3.10. The van der Waals surface area contributed by atoms with E-state index in [1.54, 1.807) is 4.90 Å². The Labute approximate surface area is 109 Å². The predicted octanol–water partition coefficient (Wildman–Crippen LogP) is 1.23. The van der Waals surface area contributed by atoms with Gasteiger partial charge in [0.1, 0.15) is 0 Å². The lowest BCUT2D eigenvalue weighted by atomic mass is 10.1. The summed E-state index contributed by atoms with van der Waals surface area (Å²) in [5, 5.41) is 12.1. The van der Waals surface area contributed by atoms with Gasteiger partial charge < -0.3 is 15.3 Å². The van der Waals surface area contributed by atoms with Gasteiger partial charge in [-0.3, -0.25) is 9.59 Å². The van der Waals surface area contributed by atoms with Gasteiger partial charge in [0.25, 0.3) is 0 Å². The van der Waals surface area contributed by atoms with Crippen molar-refractivity contribution in [3.05, 3.63) is 0 Å². The Bertz CT molecular complexity index is 310. The lowest BCUT2D eigenvalue weighted by Gasteiger charge is -2.25. The molecule has 0 aromatic carbocycles. The number of likely N-dealkylation sites (tertiary alicyclic amines) is 1. The molecule has 2 N–H and O–H groups in total. The van der Waals surface area contributed by atoms with Gasteiger partial charge in [-0.05, 0) is 33.6 Å². The highest BCUT2D eigenvalue weighted by atomic mass is 16.4. The van der Waals surface area contributed by atoms with Crippen LogP contribution in [0.4, 0.5) is 0 Å². The summed E-state index contributed by atoms with van der Waals surface area (Å²) in [5.74, 6) is -0.761. The topological polar surface area (TPSA) is 69.6 Å². The van der Waals surface area contributed by atoms with E-state index in [2.05, 4.69) is 26.1 Å². The molecule has 5 heteroatoms. The first-order valence-corrected chi connectivity index (χ1v) is 6.56. The lowest BCUT2D eigenvalue weighted by Crippen LogP contribution is -2.41. The normalized spacial score (nSPS) is 20.2. The zero-order valence-corrected chi connectivity index (χ0v) is 11.5. The van der Waals surface area contributed by atoms with Crippen LogP contribution in [0.3, 0.4) is 0 Å². The molecule has 1 amide bonds. The zero-order chi connectivity index (χ0) is 13.8. The molecule has 0 spiro atoms. The first-order chi connectivity index (χ1) is 8.29. The molecule has 0 aromatic rings. The minimum atomic E-state index is -0.826. The summed E-state index contributed by atoms with van der Waals surface area (Å²) in [7, 11) is 0. The van der Waals surface area contributed by atoms with E-state index in [1.807, 2.05) is 0 Å². The van der Waals surface area contributed by atoms with Crippen molar-refractivity contribution < 1.29 is 14.7 Å². The van der Waals surface area contributed by atoms with E-state index in [4.69, 9.17) is 5.11 Å². The van der Waals surface area contributed by atoms with Crippen molar-refractivity contribution in [1.29, 1.82) is 0 Å². The minimum absolute atomic E-state index is 0.00571. The molecule has 1 aliphatic rings. The quantitative estimate of drug-likeness (QED) is 0.776. The second-order valence-electron chi connectivity index (χ2n) is 5.91. The minimum Gasteiger partial charge on any atom is -0.481 e. The number of nitrogens with one attached hydrogen (secondary N) is 1. The number of carboxylic acid groups (broad SMARTS) is 1. The summed E-state index contributed by atoms with van der Waals surface area (Å²) < 4.78 is 0. The molecule has 0 aliphatic carbocycles. The third-order valence-electron chi connectivity index (χ3n) is 3.10. The highest BCUT2D eigenvalue weighted by Gasteiger charge is 2.29. The van der Waals surface area contributed by atoms with E-state index in [0.29, 0.717) is 19.5 Å². The van der Waals surface area contributed by atoms with Crippen molar-refractivity contribution in [2.24, 2.45) is 0 Å².